The maximum atomic E-state index is 5.76. The predicted molar refractivity (Wildman–Crippen MR) is 61.4 cm³/mol. The molecule has 1 aromatic rings. The normalized spacial score (nSPS) is 15.5. The van der Waals surface area contributed by atoms with E-state index in [1.165, 1.54) is 24.8 Å². The lowest BCUT2D eigenvalue weighted by molar-refractivity contribution is 0.760. The van der Waals surface area contributed by atoms with Gasteiger partial charge in [0.05, 0.1) is 0 Å². The van der Waals surface area contributed by atoms with Gasteiger partial charge in [-0.15, -0.1) is 0 Å². The van der Waals surface area contributed by atoms with E-state index in [4.69, 9.17) is 5.73 Å². The smallest absolute Gasteiger partial charge is 0.0363 e. The van der Waals surface area contributed by atoms with Crippen molar-refractivity contribution in [3.63, 3.8) is 0 Å². The third kappa shape index (κ3) is 2.66. The monoisotopic (exact) mass is 190 g/mol. The summed E-state index contributed by atoms with van der Waals surface area (Å²) in [6.07, 6.45) is 4.16. The summed E-state index contributed by atoms with van der Waals surface area (Å²) in [5.41, 5.74) is 8.99. The Labute approximate surface area is 85.5 Å². The zero-order valence-corrected chi connectivity index (χ0v) is 8.72. The van der Waals surface area contributed by atoms with Crippen LogP contribution in [0.4, 0.5) is 11.4 Å². The van der Waals surface area contributed by atoms with Crippen LogP contribution in [0.15, 0.2) is 18.2 Å². The Kier molecular flexibility index (Phi) is 2.62. The minimum absolute atomic E-state index is 0.846. The number of anilines is 2. The molecule has 0 unspecified atom stereocenters. The van der Waals surface area contributed by atoms with Crippen molar-refractivity contribution in [2.75, 3.05) is 17.6 Å². The van der Waals surface area contributed by atoms with Crippen molar-refractivity contribution in [3.05, 3.63) is 23.8 Å². The Morgan fingerprint density at radius 1 is 1.36 bits per heavy atom. The Hall–Kier alpha value is -1.18. The summed E-state index contributed by atoms with van der Waals surface area (Å²) in [5.74, 6) is 0.990. The van der Waals surface area contributed by atoms with Gasteiger partial charge < -0.3 is 11.1 Å². The number of nitrogens with one attached hydrogen (secondary N) is 1. The largest absolute Gasteiger partial charge is 0.399 e. The minimum atomic E-state index is 0.846. The van der Waals surface area contributed by atoms with E-state index in [0.717, 1.165) is 23.8 Å². The molecule has 1 fully saturated rings. The number of hydrogen-bond donors (Lipinski definition) is 2. The summed E-state index contributed by atoms with van der Waals surface area (Å²) >= 11 is 0. The molecule has 0 amide bonds. The average Bonchev–Trinajstić information content (AvgIpc) is 2.86. The molecule has 2 heteroatoms. The first-order valence-corrected chi connectivity index (χ1v) is 5.35. The van der Waals surface area contributed by atoms with Gasteiger partial charge in [0.25, 0.3) is 0 Å². The van der Waals surface area contributed by atoms with E-state index in [-0.39, 0.29) is 0 Å². The Balaban J connectivity index is 1.87. The minimum Gasteiger partial charge on any atom is -0.399 e. The molecule has 2 rings (SSSR count). The molecule has 1 aliphatic rings. The first-order valence-electron chi connectivity index (χ1n) is 5.35. The predicted octanol–water partition coefficient (Wildman–Crippen LogP) is 2.79. The van der Waals surface area contributed by atoms with E-state index < -0.39 is 0 Å². The molecule has 2 nitrogen and oxygen atoms in total. The molecule has 0 aliphatic heterocycles. The molecule has 0 atom stereocenters. The average molecular weight is 190 g/mol. The third-order valence-electron chi connectivity index (χ3n) is 2.68. The van der Waals surface area contributed by atoms with Crippen LogP contribution in [0.1, 0.15) is 24.8 Å². The number of rotatable bonds is 4. The third-order valence-corrected chi connectivity index (χ3v) is 2.68. The molecular formula is C12H18N2. The number of hydrogen-bond acceptors (Lipinski definition) is 2. The van der Waals surface area contributed by atoms with Crippen LogP contribution in [-0.4, -0.2) is 6.54 Å². The van der Waals surface area contributed by atoms with Crippen molar-refractivity contribution < 1.29 is 0 Å². The highest BCUT2D eigenvalue weighted by atomic mass is 14.9. The lowest BCUT2D eigenvalue weighted by Crippen LogP contribution is -2.03. The lowest BCUT2D eigenvalue weighted by atomic mass is 10.2. The Bertz CT molecular complexity index is 296. The molecule has 0 spiro atoms. The van der Waals surface area contributed by atoms with Gasteiger partial charge in [-0.05, 0) is 43.0 Å². The van der Waals surface area contributed by atoms with Crippen molar-refractivity contribution in [2.45, 2.75) is 26.2 Å². The van der Waals surface area contributed by atoms with E-state index in [1.54, 1.807) is 0 Å². The second kappa shape index (κ2) is 3.91. The van der Waals surface area contributed by atoms with Gasteiger partial charge in [-0.3, -0.25) is 0 Å². The van der Waals surface area contributed by atoms with Gasteiger partial charge in [-0.2, -0.15) is 0 Å². The van der Waals surface area contributed by atoms with Gasteiger partial charge in [0, 0.05) is 17.9 Å². The number of nitrogens with two attached hydrogens (primary N) is 1. The summed E-state index contributed by atoms with van der Waals surface area (Å²) in [6.45, 7) is 3.15. The van der Waals surface area contributed by atoms with Crippen molar-refractivity contribution in [1.82, 2.24) is 0 Å². The molecule has 0 aromatic heterocycles. The second-order valence-electron chi connectivity index (χ2n) is 4.29. The van der Waals surface area contributed by atoms with Crippen molar-refractivity contribution >= 4 is 11.4 Å². The van der Waals surface area contributed by atoms with Gasteiger partial charge in [0.2, 0.25) is 0 Å². The SMILES string of the molecule is Cc1cc(N)cc(NCCC2CC2)c1. The van der Waals surface area contributed by atoms with Crippen LogP contribution in [-0.2, 0) is 0 Å². The fourth-order valence-corrected chi connectivity index (χ4v) is 1.74. The second-order valence-corrected chi connectivity index (χ2v) is 4.29. The van der Waals surface area contributed by atoms with Gasteiger partial charge in [0.15, 0.2) is 0 Å². The summed E-state index contributed by atoms with van der Waals surface area (Å²) in [6, 6.07) is 6.13. The van der Waals surface area contributed by atoms with Crippen LogP contribution in [0.3, 0.4) is 0 Å². The molecule has 0 saturated heterocycles. The zero-order valence-electron chi connectivity index (χ0n) is 8.72. The fraction of sp³-hybridized carbons (Fsp3) is 0.500. The van der Waals surface area contributed by atoms with E-state index >= 15 is 0 Å². The lowest BCUT2D eigenvalue weighted by Gasteiger charge is -2.07. The highest BCUT2D eigenvalue weighted by Crippen LogP contribution is 2.32. The molecular weight excluding hydrogens is 172 g/mol. The molecule has 0 bridgehead atoms. The zero-order chi connectivity index (χ0) is 9.97. The number of aryl methyl sites for hydroxylation is 1. The summed E-state index contributed by atoms with van der Waals surface area (Å²) < 4.78 is 0. The topological polar surface area (TPSA) is 38.0 Å². The van der Waals surface area contributed by atoms with Crippen LogP contribution in [0.25, 0.3) is 0 Å². The maximum absolute atomic E-state index is 5.76. The van der Waals surface area contributed by atoms with Crippen molar-refractivity contribution in [1.29, 1.82) is 0 Å². The van der Waals surface area contributed by atoms with Gasteiger partial charge in [-0.25, -0.2) is 0 Å². The van der Waals surface area contributed by atoms with E-state index in [2.05, 4.69) is 18.3 Å². The van der Waals surface area contributed by atoms with Crippen LogP contribution in [0, 0.1) is 12.8 Å². The van der Waals surface area contributed by atoms with Crippen molar-refractivity contribution in [3.8, 4) is 0 Å². The van der Waals surface area contributed by atoms with Crippen LogP contribution in [0.2, 0.25) is 0 Å². The molecule has 76 valence electrons. The first kappa shape index (κ1) is 9.38. The van der Waals surface area contributed by atoms with E-state index in [0.29, 0.717) is 0 Å². The molecule has 14 heavy (non-hydrogen) atoms. The summed E-state index contributed by atoms with van der Waals surface area (Å²) in [4.78, 5) is 0. The quantitative estimate of drug-likeness (QED) is 0.716. The van der Waals surface area contributed by atoms with Gasteiger partial charge in [0.1, 0.15) is 0 Å². The standard InChI is InChI=1S/C12H18N2/c1-9-6-11(13)8-12(7-9)14-5-4-10-2-3-10/h6-8,10,14H,2-5,13H2,1H3. The summed E-state index contributed by atoms with van der Waals surface area (Å²) in [5, 5.41) is 3.42. The molecule has 0 radical (unpaired) electrons. The maximum Gasteiger partial charge on any atom is 0.0363 e. The fourth-order valence-electron chi connectivity index (χ4n) is 1.74. The number of benzene rings is 1. The molecule has 1 aromatic carbocycles. The van der Waals surface area contributed by atoms with Crippen molar-refractivity contribution in [2.24, 2.45) is 5.92 Å². The molecule has 1 aliphatic carbocycles. The van der Waals surface area contributed by atoms with Gasteiger partial charge in [-0.1, -0.05) is 12.8 Å². The highest BCUT2D eigenvalue weighted by molar-refractivity contribution is 5.56. The summed E-state index contributed by atoms with van der Waals surface area (Å²) in [7, 11) is 0. The van der Waals surface area contributed by atoms with E-state index in [9.17, 15) is 0 Å². The molecule has 1 saturated carbocycles. The molecule has 3 N–H and O–H groups in total. The van der Waals surface area contributed by atoms with Crippen LogP contribution >= 0.6 is 0 Å². The highest BCUT2D eigenvalue weighted by Gasteiger charge is 2.19. The van der Waals surface area contributed by atoms with Crippen LogP contribution < -0.4 is 11.1 Å². The van der Waals surface area contributed by atoms with Crippen LogP contribution in [0.5, 0.6) is 0 Å². The Morgan fingerprint density at radius 2 is 2.14 bits per heavy atom. The van der Waals surface area contributed by atoms with E-state index in [1.807, 2.05) is 12.1 Å². The molecule has 0 heterocycles. The van der Waals surface area contributed by atoms with Gasteiger partial charge >= 0.3 is 0 Å². The first-order chi connectivity index (χ1) is 6.74. The Morgan fingerprint density at radius 3 is 2.79 bits per heavy atom. The number of nitrogen functional groups attached to an aromatic ring is 1.